The van der Waals surface area contributed by atoms with Gasteiger partial charge >= 0.3 is 0 Å². The summed E-state index contributed by atoms with van der Waals surface area (Å²) in [7, 11) is 0. The molecule has 9 heteroatoms. The first-order valence-corrected chi connectivity index (χ1v) is 9.12. The lowest BCUT2D eigenvalue weighted by molar-refractivity contribution is -0.385. The van der Waals surface area contributed by atoms with Crippen molar-refractivity contribution in [1.82, 2.24) is 20.2 Å². The van der Waals surface area contributed by atoms with Gasteiger partial charge in [0.2, 0.25) is 5.16 Å². The van der Waals surface area contributed by atoms with E-state index in [0.717, 1.165) is 16.8 Å². The highest BCUT2D eigenvalue weighted by molar-refractivity contribution is 7.99. The number of benzene rings is 2. The topological polar surface area (TPSA) is 104 Å². The fourth-order valence-electron chi connectivity index (χ4n) is 2.48. The molecule has 0 fully saturated rings. The lowest BCUT2D eigenvalue weighted by Gasteiger charge is -2.07. The van der Waals surface area contributed by atoms with Gasteiger partial charge in [-0.15, -0.1) is 5.10 Å². The first-order chi connectivity index (χ1) is 12.9. The molecule has 2 aromatic carbocycles. The predicted octanol–water partition coefficient (Wildman–Crippen LogP) is 3.47. The van der Waals surface area contributed by atoms with Crippen LogP contribution in [0.4, 0.5) is 5.69 Å². The number of nitro groups is 1. The fraction of sp³-hybridized carbons (Fsp3) is 0.222. The number of Topliss-reactive ketones (excluding diaryl/α,β-unsaturated/α-hetero) is 1. The molecular formula is C18H17N5O3S. The van der Waals surface area contributed by atoms with Gasteiger partial charge in [-0.25, -0.2) is 0 Å². The lowest BCUT2D eigenvalue weighted by atomic mass is 10.1. The van der Waals surface area contributed by atoms with E-state index < -0.39 is 4.92 Å². The Bertz CT molecular complexity index is 1030. The van der Waals surface area contributed by atoms with Gasteiger partial charge in [-0.2, -0.15) is 4.68 Å². The largest absolute Gasteiger partial charge is 0.293 e. The van der Waals surface area contributed by atoms with E-state index in [2.05, 4.69) is 15.5 Å². The molecule has 0 saturated carbocycles. The summed E-state index contributed by atoms with van der Waals surface area (Å²) in [5.41, 5.74) is 3.84. The molecule has 0 spiro atoms. The summed E-state index contributed by atoms with van der Waals surface area (Å²) in [4.78, 5) is 23.0. The Morgan fingerprint density at radius 1 is 1.11 bits per heavy atom. The Kier molecular flexibility index (Phi) is 5.31. The van der Waals surface area contributed by atoms with Crippen molar-refractivity contribution in [2.45, 2.75) is 25.9 Å². The normalized spacial score (nSPS) is 10.8. The monoisotopic (exact) mass is 383 g/mol. The van der Waals surface area contributed by atoms with Crippen LogP contribution in [0, 0.1) is 30.9 Å². The predicted molar refractivity (Wildman–Crippen MR) is 102 cm³/mol. The maximum atomic E-state index is 12.5. The van der Waals surface area contributed by atoms with Crippen molar-refractivity contribution in [2.75, 3.05) is 5.75 Å². The van der Waals surface area contributed by atoms with E-state index in [1.54, 1.807) is 23.7 Å². The molecule has 1 heterocycles. The number of aromatic nitrogens is 4. The third-order valence-electron chi connectivity index (χ3n) is 4.24. The second-order valence-corrected chi connectivity index (χ2v) is 7.05. The summed E-state index contributed by atoms with van der Waals surface area (Å²) in [5.74, 6) is -0.149. The lowest BCUT2D eigenvalue weighted by Crippen LogP contribution is -2.06. The van der Waals surface area contributed by atoms with Crippen molar-refractivity contribution >= 4 is 23.2 Å². The van der Waals surface area contributed by atoms with Gasteiger partial charge < -0.3 is 0 Å². The first-order valence-electron chi connectivity index (χ1n) is 8.14. The summed E-state index contributed by atoms with van der Waals surface area (Å²) in [6, 6.07) is 10.4. The average molecular weight is 383 g/mol. The molecule has 0 aliphatic heterocycles. The number of hydrogen-bond acceptors (Lipinski definition) is 7. The molecule has 0 atom stereocenters. The van der Waals surface area contributed by atoms with Gasteiger partial charge in [0.1, 0.15) is 0 Å². The molecule has 1 aromatic heterocycles. The van der Waals surface area contributed by atoms with Crippen LogP contribution in [0.15, 0.2) is 41.6 Å². The summed E-state index contributed by atoms with van der Waals surface area (Å²) < 4.78 is 1.57. The van der Waals surface area contributed by atoms with Crippen LogP contribution in [0.5, 0.6) is 0 Å². The Morgan fingerprint density at radius 3 is 2.56 bits per heavy atom. The van der Waals surface area contributed by atoms with Gasteiger partial charge in [0.05, 0.1) is 16.4 Å². The van der Waals surface area contributed by atoms with E-state index in [0.29, 0.717) is 16.3 Å². The van der Waals surface area contributed by atoms with Crippen molar-refractivity contribution in [1.29, 1.82) is 0 Å². The van der Waals surface area contributed by atoms with Crippen LogP contribution in [-0.4, -0.2) is 36.7 Å². The molecule has 27 heavy (non-hydrogen) atoms. The zero-order valence-corrected chi connectivity index (χ0v) is 15.9. The minimum atomic E-state index is -0.487. The Morgan fingerprint density at radius 2 is 1.85 bits per heavy atom. The summed E-state index contributed by atoms with van der Waals surface area (Å²) in [5, 5.41) is 23.2. The first kappa shape index (κ1) is 18.7. The standard InChI is InChI=1S/C18H17N5O3S/c1-11-5-7-15(8-13(11)3)22-18(19-20-21-22)27-10-17(24)14-6-4-12(2)16(9-14)23(25)26/h4-9H,10H2,1-3H3. The molecule has 0 radical (unpaired) electrons. The summed E-state index contributed by atoms with van der Waals surface area (Å²) in [6.07, 6.45) is 0. The van der Waals surface area contributed by atoms with Gasteiger partial charge in [-0.1, -0.05) is 30.0 Å². The smallest absolute Gasteiger partial charge is 0.273 e. The van der Waals surface area contributed by atoms with Crippen molar-refractivity contribution in [3.05, 3.63) is 68.8 Å². The molecule has 0 aliphatic rings. The van der Waals surface area contributed by atoms with E-state index >= 15 is 0 Å². The minimum absolute atomic E-state index is 0.0641. The minimum Gasteiger partial charge on any atom is -0.293 e. The van der Waals surface area contributed by atoms with Crippen LogP contribution in [0.1, 0.15) is 27.0 Å². The van der Waals surface area contributed by atoms with Crippen LogP contribution in [0.3, 0.4) is 0 Å². The molecule has 138 valence electrons. The zero-order valence-electron chi connectivity index (χ0n) is 15.0. The zero-order chi connectivity index (χ0) is 19.6. The molecule has 0 saturated heterocycles. The third-order valence-corrected chi connectivity index (χ3v) is 5.16. The number of hydrogen-bond donors (Lipinski definition) is 0. The molecule has 8 nitrogen and oxygen atoms in total. The van der Waals surface area contributed by atoms with Crippen molar-refractivity contribution in [3.8, 4) is 5.69 Å². The highest BCUT2D eigenvalue weighted by atomic mass is 32.2. The quantitative estimate of drug-likeness (QED) is 0.278. The second kappa shape index (κ2) is 7.67. The van der Waals surface area contributed by atoms with E-state index in [-0.39, 0.29) is 17.2 Å². The SMILES string of the molecule is Cc1ccc(-n2nnnc2SCC(=O)c2ccc(C)c([N+](=O)[O-])c2)cc1C. The summed E-state index contributed by atoms with van der Waals surface area (Å²) in [6.45, 7) is 5.66. The molecular weight excluding hydrogens is 366 g/mol. The Balaban J connectivity index is 1.77. The number of carbonyl (C=O) groups excluding carboxylic acids is 1. The number of ketones is 1. The van der Waals surface area contributed by atoms with E-state index in [1.165, 1.54) is 17.8 Å². The molecule has 0 N–H and O–H groups in total. The number of rotatable bonds is 6. The van der Waals surface area contributed by atoms with Crippen LogP contribution in [0.2, 0.25) is 0 Å². The third kappa shape index (κ3) is 4.03. The average Bonchev–Trinajstić information content (AvgIpc) is 3.10. The number of thioether (sulfide) groups is 1. The van der Waals surface area contributed by atoms with Gasteiger partial charge in [0, 0.05) is 17.2 Å². The van der Waals surface area contributed by atoms with E-state index in [4.69, 9.17) is 0 Å². The van der Waals surface area contributed by atoms with Crippen molar-refractivity contribution < 1.29 is 9.72 Å². The van der Waals surface area contributed by atoms with Crippen molar-refractivity contribution in [2.24, 2.45) is 0 Å². The number of aryl methyl sites for hydroxylation is 3. The molecule has 3 aromatic rings. The van der Waals surface area contributed by atoms with Crippen LogP contribution < -0.4 is 0 Å². The van der Waals surface area contributed by atoms with E-state index in [1.807, 2.05) is 32.0 Å². The molecule has 0 aliphatic carbocycles. The number of carbonyl (C=O) groups is 1. The summed E-state index contributed by atoms with van der Waals surface area (Å²) >= 11 is 1.19. The van der Waals surface area contributed by atoms with Crippen LogP contribution in [-0.2, 0) is 0 Å². The maximum absolute atomic E-state index is 12.5. The Hall–Kier alpha value is -3.07. The highest BCUT2D eigenvalue weighted by Gasteiger charge is 2.17. The molecule has 0 amide bonds. The number of nitrogens with zero attached hydrogens (tertiary/aromatic N) is 5. The number of tetrazole rings is 1. The molecule has 3 rings (SSSR count). The van der Waals surface area contributed by atoms with Gasteiger partial charge in [0.15, 0.2) is 5.78 Å². The van der Waals surface area contributed by atoms with Crippen molar-refractivity contribution in [3.63, 3.8) is 0 Å². The van der Waals surface area contributed by atoms with E-state index in [9.17, 15) is 14.9 Å². The highest BCUT2D eigenvalue weighted by Crippen LogP contribution is 2.23. The molecule has 0 bridgehead atoms. The Labute approximate surface area is 159 Å². The van der Waals surface area contributed by atoms with Gasteiger partial charge in [0.25, 0.3) is 5.69 Å². The van der Waals surface area contributed by atoms with Gasteiger partial charge in [-0.3, -0.25) is 14.9 Å². The number of nitro benzene ring substituents is 1. The molecule has 0 unspecified atom stereocenters. The second-order valence-electron chi connectivity index (χ2n) is 6.11. The van der Waals surface area contributed by atoms with Gasteiger partial charge in [-0.05, 0) is 54.5 Å². The van der Waals surface area contributed by atoms with Crippen LogP contribution >= 0.6 is 11.8 Å². The van der Waals surface area contributed by atoms with Crippen LogP contribution in [0.25, 0.3) is 5.69 Å². The maximum Gasteiger partial charge on any atom is 0.273 e. The fourth-order valence-corrected chi connectivity index (χ4v) is 3.27.